The fourth-order valence-electron chi connectivity index (χ4n) is 4.47. The number of thiophene rings is 1. The summed E-state index contributed by atoms with van der Waals surface area (Å²) in [5, 5.41) is 2.05. The van der Waals surface area contributed by atoms with Crippen molar-refractivity contribution in [3.05, 3.63) is 81.5 Å². The van der Waals surface area contributed by atoms with E-state index < -0.39 is 10.0 Å². The average molecular weight is 541 g/mol. The van der Waals surface area contributed by atoms with Crippen molar-refractivity contribution in [3.63, 3.8) is 0 Å². The molecule has 4 rings (SSSR count). The number of nitrogens with zero attached hydrogens (tertiary/aromatic N) is 2. The Kier molecular flexibility index (Phi) is 8.72. The summed E-state index contributed by atoms with van der Waals surface area (Å²) in [6.45, 7) is 9.01. The zero-order valence-corrected chi connectivity index (χ0v) is 23.6. The summed E-state index contributed by atoms with van der Waals surface area (Å²) in [4.78, 5) is 17.0. The van der Waals surface area contributed by atoms with E-state index in [2.05, 4.69) is 19.9 Å². The fraction of sp³-hybridized carbons (Fsp3) is 0.414. The first-order valence-corrected chi connectivity index (χ1v) is 15.1. The van der Waals surface area contributed by atoms with Crippen molar-refractivity contribution in [1.82, 2.24) is 9.21 Å². The first-order chi connectivity index (χ1) is 17.6. The molecule has 2 aromatic carbocycles. The van der Waals surface area contributed by atoms with Crippen LogP contribution in [0, 0.1) is 19.8 Å². The summed E-state index contributed by atoms with van der Waals surface area (Å²) in [5.41, 5.74) is 3.23. The lowest BCUT2D eigenvalue weighted by molar-refractivity contribution is -0.135. The fourth-order valence-corrected chi connectivity index (χ4v) is 6.80. The third kappa shape index (κ3) is 6.61. The van der Waals surface area contributed by atoms with Crippen LogP contribution in [0.3, 0.4) is 0 Å². The van der Waals surface area contributed by atoms with E-state index in [0.717, 1.165) is 28.9 Å². The third-order valence-corrected chi connectivity index (χ3v) is 9.63. The third-order valence-electron chi connectivity index (χ3n) is 6.77. The van der Waals surface area contributed by atoms with Gasteiger partial charge in [0, 0.05) is 18.0 Å². The van der Waals surface area contributed by atoms with E-state index in [1.165, 1.54) is 9.18 Å². The van der Waals surface area contributed by atoms with Crippen LogP contribution in [0.4, 0.5) is 0 Å². The molecule has 3 aromatic rings. The van der Waals surface area contributed by atoms with E-state index in [-0.39, 0.29) is 23.4 Å². The van der Waals surface area contributed by atoms with Crippen LogP contribution in [-0.2, 0) is 21.2 Å². The molecule has 0 spiro atoms. The number of sulfonamides is 1. The molecule has 1 amide bonds. The van der Waals surface area contributed by atoms with Crippen LogP contribution < -0.4 is 4.74 Å². The van der Waals surface area contributed by atoms with Gasteiger partial charge in [0.1, 0.15) is 12.4 Å². The Morgan fingerprint density at radius 2 is 1.70 bits per heavy atom. The molecule has 0 saturated carbocycles. The lowest BCUT2D eigenvalue weighted by atomic mass is 10.0. The maximum Gasteiger partial charge on any atom is 0.243 e. The molecule has 1 aromatic heterocycles. The number of fused-ring (bicyclic) bond motifs is 1. The highest BCUT2D eigenvalue weighted by Crippen LogP contribution is 2.34. The number of hydrogen-bond acceptors (Lipinski definition) is 5. The van der Waals surface area contributed by atoms with Gasteiger partial charge in [0.2, 0.25) is 15.9 Å². The predicted octanol–water partition coefficient (Wildman–Crippen LogP) is 5.61. The van der Waals surface area contributed by atoms with E-state index in [0.29, 0.717) is 32.0 Å². The highest BCUT2D eigenvalue weighted by atomic mass is 32.2. The number of benzene rings is 2. The summed E-state index contributed by atoms with van der Waals surface area (Å²) in [6, 6.07) is 16.5. The number of carbonyl (C=O) groups excluding carboxylic acids is 1. The molecule has 0 radical (unpaired) electrons. The SMILES string of the molecule is Cc1ccc(OCC2c3ccsc3CCN2C(=O)CN(CCC(C)C)S(=O)(=O)c2ccc(C)cc2)cc1. The minimum atomic E-state index is -3.82. The predicted molar refractivity (Wildman–Crippen MR) is 149 cm³/mol. The van der Waals surface area contributed by atoms with Gasteiger partial charge in [-0.1, -0.05) is 49.2 Å². The molecule has 1 unspecified atom stereocenters. The average Bonchev–Trinajstić information content (AvgIpc) is 3.35. The summed E-state index contributed by atoms with van der Waals surface area (Å²) >= 11 is 1.69. The number of hydrogen-bond donors (Lipinski definition) is 0. The summed E-state index contributed by atoms with van der Waals surface area (Å²) in [7, 11) is -3.82. The highest BCUT2D eigenvalue weighted by molar-refractivity contribution is 7.89. The quantitative estimate of drug-likeness (QED) is 0.335. The van der Waals surface area contributed by atoms with Crippen LogP contribution in [0.5, 0.6) is 5.75 Å². The molecule has 2 heterocycles. The maximum atomic E-state index is 13.8. The van der Waals surface area contributed by atoms with Crippen LogP contribution in [-0.4, -0.2) is 49.8 Å². The maximum absolute atomic E-state index is 13.8. The molecule has 1 aliphatic heterocycles. The Hall–Kier alpha value is -2.68. The zero-order valence-electron chi connectivity index (χ0n) is 22.0. The summed E-state index contributed by atoms with van der Waals surface area (Å²) < 4.78 is 34.6. The van der Waals surface area contributed by atoms with Gasteiger partial charge in [0.05, 0.1) is 17.5 Å². The standard InChI is InChI=1S/C29H36N2O4S2/c1-21(2)13-16-30(37(33,34)25-11-7-23(4)8-12-25)19-29(32)31-17-14-28-26(15-18-36-28)27(31)20-35-24-9-5-22(3)6-10-24/h5-12,15,18,21,27H,13-14,16-17,19-20H2,1-4H3. The van der Waals surface area contributed by atoms with Gasteiger partial charge in [-0.2, -0.15) is 4.31 Å². The normalized spacial score (nSPS) is 15.7. The largest absolute Gasteiger partial charge is 0.491 e. The Morgan fingerprint density at radius 1 is 1.05 bits per heavy atom. The van der Waals surface area contributed by atoms with Gasteiger partial charge >= 0.3 is 0 Å². The smallest absolute Gasteiger partial charge is 0.243 e. The van der Waals surface area contributed by atoms with Gasteiger partial charge in [-0.15, -0.1) is 11.3 Å². The van der Waals surface area contributed by atoms with E-state index >= 15 is 0 Å². The molecule has 0 aliphatic carbocycles. The van der Waals surface area contributed by atoms with Crippen molar-refractivity contribution >= 4 is 27.3 Å². The van der Waals surface area contributed by atoms with Crippen molar-refractivity contribution < 1.29 is 17.9 Å². The van der Waals surface area contributed by atoms with Crippen LogP contribution in [0.25, 0.3) is 0 Å². The number of carbonyl (C=O) groups is 1. The van der Waals surface area contributed by atoms with Crippen LogP contribution in [0.2, 0.25) is 0 Å². The number of amides is 1. The topological polar surface area (TPSA) is 66.9 Å². The van der Waals surface area contributed by atoms with Gasteiger partial charge in [0.15, 0.2) is 0 Å². The molecule has 0 saturated heterocycles. The second-order valence-electron chi connectivity index (χ2n) is 10.1. The first-order valence-electron chi connectivity index (χ1n) is 12.8. The van der Waals surface area contributed by atoms with Gasteiger partial charge in [-0.3, -0.25) is 4.79 Å². The van der Waals surface area contributed by atoms with Crippen LogP contribution in [0.15, 0.2) is 64.9 Å². The van der Waals surface area contributed by atoms with Gasteiger partial charge in [0.25, 0.3) is 0 Å². The van der Waals surface area contributed by atoms with Crippen molar-refractivity contribution in [1.29, 1.82) is 0 Å². The van der Waals surface area contributed by atoms with Crippen molar-refractivity contribution in [2.75, 3.05) is 26.2 Å². The molecule has 1 aliphatic rings. The zero-order chi connectivity index (χ0) is 26.6. The Balaban J connectivity index is 1.56. The van der Waals surface area contributed by atoms with Gasteiger partial charge in [-0.05, 0) is 73.9 Å². The second-order valence-corrected chi connectivity index (χ2v) is 13.0. The van der Waals surface area contributed by atoms with Gasteiger partial charge < -0.3 is 9.64 Å². The highest BCUT2D eigenvalue weighted by Gasteiger charge is 2.35. The number of rotatable bonds is 10. The van der Waals surface area contributed by atoms with Crippen molar-refractivity contribution in [3.8, 4) is 5.75 Å². The molecule has 37 heavy (non-hydrogen) atoms. The molecule has 0 N–H and O–H groups in total. The molecule has 198 valence electrons. The monoisotopic (exact) mass is 540 g/mol. The Labute approximate surface area is 224 Å². The summed E-state index contributed by atoms with van der Waals surface area (Å²) in [5.74, 6) is 0.861. The Bertz CT molecular complexity index is 1300. The second kappa shape index (κ2) is 11.8. The molecule has 8 heteroatoms. The van der Waals surface area contributed by atoms with E-state index in [1.54, 1.807) is 40.5 Å². The molecule has 1 atom stereocenters. The Morgan fingerprint density at radius 3 is 2.35 bits per heavy atom. The van der Waals surface area contributed by atoms with E-state index in [4.69, 9.17) is 4.74 Å². The minimum Gasteiger partial charge on any atom is -0.491 e. The molecule has 6 nitrogen and oxygen atoms in total. The van der Waals surface area contributed by atoms with E-state index in [1.807, 2.05) is 43.5 Å². The van der Waals surface area contributed by atoms with Crippen molar-refractivity contribution in [2.24, 2.45) is 5.92 Å². The lowest BCUT2D eigenvalue weighted by Gasteiger charge is -2.37. The van der Waals surface area contributed by atoms with Crippen LogP contribution >= 0.6 is 11.3 Å². The molecule has 0 fully saturated rings. The summed E-state index contributed by atoms with van der Waals surface area (Å²) in [6.07, 6.45) is 1.43. The van der Waals surface area contributed by atoms with Gasteiger partial charge in [-0.25, -0.2) is 8.42 Å². The first kappa shape index (κ1) is 27.4. The van der Waals surface area contributed by atoms with Crippen LogP contribution in [0.1, 0.15) is 47.9 Å². The number of aryl methyl sites for hydroxylation is 2. The van der Waals surface area contributed by atoms with E-state index in [9.17, 15) is 13.2 Å². The minimum absolute atomic E-state index is 0.191. The molecular formula is C29H36N2O4S2. The molecular weight excluding hydrogens is 504 g/mol. The lowest BCUT2D eigenvalue weighted by Crippen LogP contribution is -2.48. The molecule has 0 bridgehead atoms. The number of ether oxygens (including phenoxy) is 1. The van der Waals surface area contributed by atoms with Crippen molar-refractivity contribution in [2.45, 2.75) is 51.5 Å².